The Morgan fingerprint density at radius 1 is 1.30 bits per heavy atom. The zero-order chi connectivity index (χ0) is 16.6. The van der Waals surface area contributed by atoms with E-state index in [-0.39, 0.29) is 11.7 Å². The van der Waals surface area contributed by atoms with Crippen molar-refractivity contribution in [1.29, 1.82) is 0 Å². The van der Waals surface area contributed by atoms with E-state index >= 15 is 0 Å². The molecule has 23 heavy (non-hydrogen) atoms. The van der Waals surface area contributed by atoms with Crippen LogP contribution in [0.15, 0.2) is 41.6 Å². The first-order valence-electron chi connectivity index (χ1n) is 6.95. The van der Waals surface area contributed by atoms with Gasteiger partial charge in [0.15, 0.2) is 4.32 Å². The van der Waals surface area contributed by atoms with Crippen molar-refractivity contribution < 1.29 is 9.90 Å². The predicted molar refractivity (Wildman–Crippen MR) is 97.5 cm³/mol. The van der Waals surface area contributed by atoms with E-state index in [1.54, 1.807) is 30.6 Å². The maximum absolute atomic E-state index is 12.6. The van der Waals surface area contributed by atoms with Gasteiger partial charge in [-0.3, -0.25) is 14.7 Å². The number of phenols is 1. The van der Waals surface area contributed by atoms with Gasteiger partial charge >= 0.3 is 0 Å². The maximum atomic E-state index is 12.6. The minimum absolute atomic E-state index is 0.156. The number of amides is 1. The second-order valence-corrected chi connectivity index (χ2v) is 6.91. The van der Waals surface area contributed by atoms with Crippen LogP contribution in [0.1, 0.15) is 16.7 Å². The topological polar surface area (TPSA) is 53.4 Å². The summed E-state index contributed by atoms with van der Waals surface area (Å²) < 4.78 is 0.487. The fourth-order valence-corrected chi connectivity index (χ4v) is 3.70. The van der Waals surface area contributed by atoms with E-state index in [4.69, 9.17) is 12.2 Å². The summed E-state index contributed by atoms with van der Waals surface area (Å²) in [6.07, 6.45) is 5.07. The number of aromatic hydroxyl groups is 1. The Hall–Kier alpha value is -2.18. The summed E-state index contributed by atoms with van der Waals surface area (Å²) in [5.41, 5.74) is 3.08. The molecule has 1 N–H and O–H groups in total. The lowest BCUT2D eigenvalue weighted by Gasteiger charge is -2.13. The lowest BCUT2D eigenvalue weighted by Crippen LogP contribution is -2.27. The number of thiocarbonyl (C=S) groups is 1. The second kappa shape index (κ2) is 6.14. The molecule has 116 valence electrons. The highest BCUT2D eigenvalue weighted by molar-refractivity contribution is 8.27. The number of phenolic OH excluding ortho intramolecular Hbond substituents is 1. The Labute approximate surface area is 143 Å². The van der Waals surface area contributed by atoms with Gasteiger partial charge in [-0.1, -0.05) is 24.0 Å². The molecule has 3 rings (SSSR count). The maximum Gasteiger partial charge on any atom is 0.270 e. The van der Waals surface area contributed by atoms with Gasteiger partial charge in [0.25, 0.3) is 5.91 Å². The van der Waals surface area contributed by atoms with E-state index in [1.165, 1.54) is 16.7 Å². The number of rotatable bonds is 2. The van der Waals surface area contributed by atoms with E-state index in [2.05, 4.69) is 4.98 Å². The van der Waals surface area contributed by atoms with E-state index in [9.17, 15) is 9.90 Å². The standard InChI is InChI=1S/C17H14N2O2S2/c1-10-6-12(7-11(2)15(10)20)8-14-16(21)19(17(22)23-14)13-4-3-5-18-9-13/h3-9,20H,1-2H3/b14-8-. The van der Waals surface area contributed by atoms with Crippen LogP contribution in [0.2, 0.25) is 0 Å². The lowest BCUT2D eigenvalue weighted by atomic mass is 10.1. The number of pyridine rings is 1. The van der Waals surface area contributed by atoms with Crippen LogP contribution < -0.4 is 4.90 Å². The van der Waals surface area contributed by atoms with Gasteiger partial charge in [0.1, 0.15) is 5.75 Å². The van der Waals surface area contributed by atoms with Crippen molar-refractivity contribution in [1.82, 2.24) is 4.98 Å². The molecule has 1 aliphatic rings. The number of carbonyl (C=O) groups excluding carboxylic acids is 1. The van der Waals surface area contributed by atoms with E-state index in [0.717, 1.165) is 16.7 Å². The van der Waals surface area contributed by atoms with Crippen LogP contribution in [-0.4, -0.2) is 20.3 Å². The first-order chi connectivity index (χ1) is 11.0. The smallest absolute Gasteiger partial charge is 0.270 e. The number of nitrogens with zero attached hydrogens (tertiary/aromatic N) is 2. The average Bonchev–Trinajstić information content (AvgIpc) is 2.80. The quantitative estimate of drug-likeness (QED) is 0.664. The molecule has 1 amide bonds. The molecule has 0 aliphatic carbocycles. The van der Waals surface area contributed by atoms with Crippen molar-refractivity contribution >= 4 is 46.0 Å². The van der Waals surface area contributed by atoms with Crippen LogP contribution in [0.5, 0.6) is 5.75 Å². The Kier molecular flexibility index (Phi) is 4.19. The predicted octanol–water partition coefficient (Wildman–Crippen LogP) is 3.81. The number of benzene rings is 1. The molecule has 0 bridgehead atoms. The van der Waals surface area contributed by atoms with Crippen molar-refractivity contribution in [2.24, 2.45) is 0 Å². The third-order valence-electron chi connectivity index (χ3n) is 3.51. The number of anilines is 1. The van der Waals surface area contributed by atoms with Gasteiger partial charge in [-0.05, 0) is 60.9 Å². The molecule has 0 spiro atoms. The van der Waals surface area contributed by atoms with Gasteiger partial charge in [-0.2, -0.15) is 0 Å². The fraction of sp³-hybridized carbons (Fsp3) is 0.118. The molecule has 1 saturated heterocycles. The summed E-state index contributed by atoms with van der Waals surface area (Å²) >= 11 is 6.59. The van der Waals surface area contributed by atoms with Gasteiger partial charge in [0.2, 0.25) is 0 Å². The molecule has 6 heteroatoms. The summed E-state index contributed by atoms with van der Waals surface area (Å²) in [5.74, 6) is 0.126. The molecule has 1 fully saturated rings. The number of carbonyl (C=O) groups is 1. The SMILES string of the molecule is Cc1cc(/C=C2\SC(=S)N(c3cccnc3)C2=O)cc(C)c1O. The first-order valence-corrected chi connectivity index (χ1v) is 8.18. The zero-order valence-corrected chi connectivity index (χ0v) is 14.2. The summed E-state index contributed by atoms with van der Waals surface area (Å²) in [6, 6.07) is 7.26. The largest absolute Gasteiger partial charge is 0.507 e. The highest BCUT2D eigenvalue weighted by Gasteiger charge is 2.33. The summed E-state index contributed by atoms with van der Waals surface area (Å²) in [5, 5.41) is 9.85. The number of aryl methyl sites for hydroxylation is 2. The minimum Gasteiger partial charge on any atom is -0.507 e. The van der Waals surface area contributed by atoms with Crippen LogP contribution in [0.4, 0.5) is 5.69 Å². The molecule has 0 radical (unpaired) electrons. The van der Waals surface area contributed by atoms with Crippen LogP contribution in [0.3, 0.4) is 0 Å². The normalized spacial score (nSPS) is 16.4. The average molecular weight is 342 g/mol. The van der Waals surface area contributed by atoms with Gasteiger partial charge < -0.3 is 5.11 Å². The molecule has 0 atom stereocenters. The highest BCUT2D eigenvalue weighted by atomic mass is 32.2. The fourth-order valence-electron chi connectivity index (χ4n) is 2.40. The van der Waals surface area contributed by atoms with Crippen LogP contribution in [0, 0.1) is 13.8 Å². The summed E-state index contributed by atoms with van der Waals surface area (Å²) in [7, 11) is 0. The van der Waals surface area contributed by atoms with E-state index < -0.39 is 0 Å². The van der Waals surface area contributed by atoms with Crippen LogP contribution in [0.25, 0.3) is 6.08 Å². The second-order valence-electron chi connectivity index (χ2n) is 5.23. The van der Waals surface area contributed by atoms with Crippen molar-refractivity contribution in [2.45, 2.75) is 13.8 Å². The van der Waals surface area contributed by atoms with E-state index in [0.29, 0.717) is 14.9 Å². The third-order valence-corrected chi connectivity index (χ3v) is 4.81. The van der Waals surface area contributed by atoms with Gasteiger partial charge in [-0.25, -0.2) is 0 Å². The van der Waals surface area contributed by atoms with Crippen molar-refractivity contribution in [3.63, 3.8) is 0 Å². The monoisotopic (exact) mass is 342 g/mol. The van der Waals surface area contributed by atoms with Crippen LogP contribution >= 0.6 is 24.0 Å². The third kappa shape index (κ3) is 3.00. The van der Waals surface area contributed by atoms with Gasteiger partial charge in [0.05, 0.1) is 16.8 Å². The number of hydrogen-bond donors (Lipinski definition) is 1. The van der Waals surface area contributed by atoms with E-state index in [1.807, 2.05) is 26.0 Å². The molecule has 1 aromatic carbocycles. The number of hydrogen-bond acceptors (Lipinski definition) is 5. The molecule has 1 aliphatic heterocycles. The lowest BCUT2D eigenvalue weighted by molar-refractivity contribution is -0.113. The number of aromatic nitrogens is 1. The van der Waals surface area contributed by atoms with Crippen molar-refractivity contribution in [3.05, 3.63) is 58.3 Å². The Bertz CT molecular complexity index is 809. The molecular formula is C17H14N2O2S2. The Balaban J connectivity index is 1.96. The molecule has 0 unspecified atom stereocenters. The molecule has 4 nitrogen and oxygen atoms in total. The van der Waals surface area contributed by atoms with Crippen molar-refractivity contribution in [3.8, 4) is 5.75 Å². The highest BCUT2D eigenvalue weighted by Crippen LogP contribution is 2.36. The minimum atomic E-state index is -0.156. The number of thioether (sulfide) groups is 1. The van der Waals surface area contributed by atoms with Gasteiger partial charge in [0, 0.05) is 6.20 Å². The molecule has 2 heterocycles. The molecule has 1 aromatic heterocycles. The summed E-state index contributed by atoms with van der Waals surface area (Å²) in [6.45, 7) is 3.67. The first kappa shape index (κ1) is 15.7. The summed E-state index contributed by atoms with van der Waals surface area (Å²) in [4.78, 5) is 18.7. The molecule has 2 aromatic rings. The Morgan fingerprint density at radius 2 is 2.00 bits per heavy atom. The Morgan fingerprint density at radius 3 is 2.61 bits per heavy atom. The van der Waals surface area contributed by atoms with Crippen molar-refractivity contribution in [2.75, 3.05) is 4.90 Å². The molecule has 0 saturated carbocycles. The van der Waals surface area contributed by atoms with Crippen LogP contribution in [-0.2, 0) is 4.79 Å². The zero-order valence-electron chi connectivity index (χ0n) is 12.6. The van der Waals surface area contributed by atoms with Gasteiger partial charge in [-0.15, -0.1) is 0 Å². The molecular weight excluding hydrogens is 328 g/mol.